The first kappa shape index (κ1) is 9.44. The Balaban J connectivity index is 2.31. The molecule has 2 nitrogen and oxygen atoms in total. The smallest absolute Gasteiger partial charge is 0.141 e. The molecule has 0 amide bonds. The van der Waals surface area contributed by atoms with Gasteiger partial charge in [0, 0.05) is 12.6 Å². The average molecular weight is 194 g/mol. The van der Waals surface area contributed by atoms with Crippen molar-refractivity contribution in [2.75, 3.05) is 11.4 Å². The summed E-state index contributed by atoms with van der Waals surface area (Å²) < 4.78 is 12.9. The predicted molar refractivity (Wildman–Crippen MR) is 55.0 cm³/mol. The summed E-state index contributed by atoms with van der Waals surface area (Å²) in [4.78, 5) is 6.42. The summed E-state index contributed by atoms with van der Waals surface area (Å²) in [6.45, 7) is 5.31. The van der Waals surface area contributed by atoms with Gasteiger partial charge < -0.3 is 4.90 Å². The van der Waals surface area contributed by atoms with E-state index in [4.69, 9.17) is 0 Å². The largest absolute Gasteiger partial charge is 0.353 e. The van der Waals surface area contributed by atoms with E-state index in [1.165, 1.54) is 6.20 Å². The topological polar surface area (TPSA) is 16.1 Å². The molecule has 1 unspecified atom stereocenters. The lowest BCUT2D eigenvalue weighted by atomic mass is 10.2. The van der Waals surface area contributed by atoms with Crippen molar-refractivity contribution in [2.24, 2.45) is 0 Å². The zero-order valence-electron chi connectivity index (χ0n) is 8.63. The third-order valence-electron chi connectivity index (χ3n) is 2.93. The van der Waals surface area contributed by atoms with Crippen molar-refractivity contribution in [1.29, 1.82) is 0 Å². The molecular weight excluding hydrogens is 179 g/mol. The summed E-state index contributed by atoms with van der Waals surface area (Å²) in [7, 11) is 0. The second-order valence-corrected chi connectivity index (χ2v) is 3.84. The molecule has 1 atom stereocenters. The third kappa shape index (κ3) is 1.47. The van der Waals surface area contributed by atoms with E-state index in [1.54, 1.807) is 6.07 Å². The maximum atomic E-state index is 12.9. The lowest BCUT2D eigenvalue weighted by Crippen LogP contribution is -2.31. The van der Waals surface area contributed by atoms with Crippen LogP contribution in [-0.2, 0) is 6.42 Å². The van der Waals surface area contributed by atoms with Gasteiger partial charge >= 0.3 is 0 Å². The molecule has 2 rings (SSSR count). The van der Waals surface area contributed by atoms with Gasteiger partial charge in [0.25, 0.3) is 0 Å². The number of rotatable bonds is 2. The van der Waals surface area contributed by atoms with Gasteiger partial charge in [-0.1, -0.05) is 6.92 Å². The quantitative estimate of drug-likeness (QED) is 0.718. The number of hydrogen-bond donors (Lipinski definition) is 0. The number of aromatic nitrogens is 1. The summed E-state index contributed by atoms with van der Waals surface area (Å²) in [5, 5.41) is 0. The molecule has 14 heavy (non-hydrogen) atoms. The zero-order chi connectivity index (χ0) is 10.1. The van der Waals surface area contributed by atoms with E-state index in [9.17, 15) is 4.39 Å². The van der Waals surface area contributed by atoms with E-state index in [-0.39, 0.29) is 5.82 Å². The van der Waals surface area contributed by atoms with Crippen LogP contribution in [0, 0.1) is 5.82 Å². The summed E-state index contributed by atoms with van der Waals surface area (Å²) in [5.41, 5.74) is 1.05. The first-order chi connectivity index (χ1) is 6.72. The number of anilines is 1. The second-order valence-electron chi connectivity index (χ2n) is 3.84. The summed E-state index contributed by atoms with van der Waals surface area (Å²) in [5.74, 6) is 0.746. The van der Waals surface area contributed by atoms with Crippen molar-refractivity contribution < 1.29 is 4.39 Å². The molecule has 0 aliphatic carbocycles. The Bertz CT molecular complexity index is 338. The maximum absolute atomic E-state index is 12.9. The van der Waals surface area contributed by atoms with Gasteiger partial charge in [0.15, 0.2) is 0 Å². The van der Waals surface area contributed by atoms with Crippen LogP contribution in [0.5, 0.6) is 0 Å². The van der Waals surface area contributed by atoms with Crippen LogP contribution < -0.4 is 4.90 Å². The SMILES string of the molecule is CCC(C)N1CCc2cc(F)cnc21. The van der Waals surface area contributed by atoms with Gasteiger partial charge in [0.1, 0.15) is 11.6 Å². The van der Waals surface area contributed by atoms with Crippen molar-refractivity contribution in [3.8, 4) is 0 Å². The number of pyridine rings is 1. The molecular formula is C11H15FN2. The van der Waals surface area contributed by atoms with Gasteiger partial charge in [0.2, 0.25) is 0 Å². The average Bonchev–Trinajstić information content (AvgIpc) is 2.59. The number of fused-ring (bicyclic) bond motifs is 1. The Morgan fingerprint density at radius 1 is 1.64 bits per heavy atom. The molecule has 0 saturated carbocycles. The Morgan fingerprint density at radius 3 is 3.14 bits per heavy atom. The minimum atomic E-state index is -0.227. The van der Waals surface area contributed by atoms with Crippen LogP contribution in [0.15, 0.2) is 12.3 Å². The van der Waals surface area contributed by atoms with Crippen LogP contribution in [0.1, 0.15) is 25.8 Å². The van der Waals surface area contributed by atoms with Crippen LogP contribution in [-0.4, -0.2) is 17.6 Å². The molecule has 2 heterocycles. The van der Waals surface area contributed by atoms with Crippen molar-refractivity contribution in [3.05, 3.63) is 23.6 Å². The van der Waals surface area contributed by atoms with E-state index < -0.39 is 0 Å². The van der Waals surface area contributed by atoms with E-state index >= 15 is 0 Å². The normalized spacial score (nSPS) is 16.9. The van der Waals surface area contributed by atoms with Gasteiger partial charge in [0.05, 0.1) is 6.20 Å². The molecule has 0 aromatic carbocycles. The second kappa shape index (κ2) is 3.56. The number of hydrogen-bond acceptors (Lipinski definition) is 2. The fraction of sp³-hybridized carbons (Fsp3) is 0.545. The van der Waals surface area contributed by atoms with Crippen molar-refractivity contribution in [3.63, 3.8) is 0 Å². The summed E-state index contributed by atoms with van der Waals surface area (Å²) in [6, 6.07) is 2.10. The van der Waals surface area contributed by atoms with Gasteiger partial charge in [-0.25, -0.2) is 9.37 Å². The zero-order valence-corrected chi connectivity index (χ0v) is 8.63. The number of nitrogens with zero attached hydrogens (tertiary/aromatic N) is 2. The van der Waals surface area contributed by atoms with E-state index in [2.05, 4.69) is 23.7 Å². The predicted octanol–water partition coefficient (Wildman–Crippen LogP) is 2.38. The molecule has 0 spiro atoms. The molecule has 1 aromatic heterocycles. The fourth-order valence-corrected chi connectivity index (χ4v) is 1.91. The van der Waals surface area contributed by atoms with Crippen LogP contribution in [0.3, 0.4) is 0 Å². The highest BCUT2D eigenvalue weighted by Crippen LogP contribution is 2.28. The van der Waals surface area contributed by atoms with Gasteiger partial charge in [-0.15, -0.1) is 0 Å². The molecule has 0 bridgehead atoms. The molecule has 3 heteroatoms. The van der Waals surface area contributed by atoms with E-state index in [1.807, 2.05) is 0 Å². The lowest BCUT2D eigenvalue weighted by Gasteiger charge is -2.24. The van der Waals surface area contributed by atoms with E-state index in [0.717, 1.165) is 30.8 Å². The summed E-state index contributed by atoms with van der Waals surface area (Å²) >= 11 is 0. The number of halogens is 1. The van der Waals surface area contributed by atoms with Crippen molar-refractivity contribution in [2.45, 2.75) is 32.7 Å². The van der Waals surface area contributed by atoms with Crippen molar-refractivity contribution in [1.82, 2.24) is 4.98 Å². The van der Waals surface area contributed by atoms with Gasteiger partial charge in [-0.05, 0) is 31.4 Å². The molecule has 1 aliphatic heterocycles. The maximum Gasteiger partial charge on any atom is 0.141 e. The van der Waals surface area contributed by atoms with Crippen LogP contribution in [0.25, 0.3) is 0 Å². The third-order valence-corrected chi connectivity index (χ3v) is 2.93. The van der Waals surface area contributed by atoms with Crippen LogP contribution >= 0.6 is 0 Å². The molecule has 0 saturated heterocycles. The fourth-order valence-electron chi connectivity index (χ4n) is 1.91. The lowest BCUT2D eigenvalue weighted by molar-refractivity contribution is 0.616. The van der Waals surface area contributed by atoms with Crippen LogP contribution in [0.2, 0.25) is 0 Å². The van der Waals surface area contributed by atoms with Gasteiger partial charge in [-0.2, -0.15) is 0 Å². The minimum Gasteiger partial charge on any atom is -0.353 e. The van der Waals surface area contributed by atoms with E-state index in [0.29, 0.717) is 6.04 Å². The minimum absolute atomic E-state index is 0.227. The first-order valence-electron chi connectivity index (χ1n) is 5.13. The monoisotopic (exact) mass is 194 g/mol. The Hall–Kier alpha value is -1.12. The molecule has 1 aromatic rings. The molecule has 0 radical (unpaired) electrons. The van der Waals surface area contributed by atoms with Crippen LogP contribution in [0.4, 0.5) is 10.2 Å². The molecule has 0 N–H and O–H groups in total. The highest BCUT2D eigenvalue weighted by Gasteiger charge is 2.23. The molecule has 0 fully saturated rings. The Morgan fingerprint density at radius 2 is 2.43 bits per heavy atom. The molecule has 76 valence electrons. The highest BCUT2D eigenvalue weighted by atomic mass is 19.1. The Labute approximate surface area is 83.8 Å². The van der Waals surface area contributed by atoms with Gasteiger partial charge in [-0.3, -0.25) is 0 Å². The summed E-state index contributed by atoms with van der Waals surface area (Å²) in [6.07, 6.45) is 3.32. The highest BCUT2D eigenvalue weighted by molar-refractivity contribution is 5.52. The van der Waals surface area contributed by atoms with Crippen molar-refractivity contribution >= 4 is 5.82 Å². The standard InChI is InChI=1S/C11H15FN2/c1-3-8(2)14-5-4-9-6-10(12)7-13-11(9)14/h6-8H,3-5H2,1-2H3. The Kier molecular flexibility index (Phi) is 2.40. The first-order valence-corrected chi connectivity index (χ1v) is 5.13. The molecule has 1 aliphatic rings.